The smallest absolute Gasteiger partial charge is 0.326 e. The van der Waals surface area contributed by atoms with Crippen molar-refractivity contribution in [1.29, 1.82) is 0 Å². The van der Waals surface area contributed by atoms with E-state index in [4.69, 9.17) is 10.1 Å². The molecule has 0 bridgehead atoms. The molecule has 0 aliphatic heterocycles. The van der Waals surface area contributed by atoms with Crippen molar-refractivity contribution in [2.24, 2.45) is 20.0 Å². The van der Waals surface area contributed by atoms with Gasteiger partial charge in [0.15, 0.2) is 11.5 Å². The van der Waals surface area contributed by atoms with Crippen molar-refractivity contribution in [2.45, 2.75) is 26.9 Å². The number of fused-ring (bicyclic) bond motifs is 3. The Balaban J connectivity index is 1.72. The molecule has 0 unspecified atom stereocenters. The van der Waals surface area contributed by atoms with E-state index in [1.54, 1.807) is 4.57 Å². The van der Waals surface area contributed by atoms with E-state index >= 15 is 0 Å². The molecule has 6 rings (SSSR count). The maximum atomic E-state index is 13.6. The van der Waals surface area contributed by atoms with E-state index < -0.39 is 0 Å². The highest BCUT2D eigenvalue weighted by Crippen LogP contribution is 2.30. The molecular formula is C29H28N6O2. The van der Waals surface area contributed by atoms with Crippen LogP contribution in [-0.2, 0) is 27.2 Å². The fourth-order valence-electron chi connectivity index (χ4n) is 5.18. The van der Waals surface area contributed by atoms with Crippen LogP contribution in [0.5, 0.6) is 0 Å². The predicted molar refractivity (Wildman–Crippen MR) is 147 cm³/mol. The highest BCUT2D eigenvalue weighted by atomic mass is 16.2. The van der Waals surface area contributed by atoms with Crippen LogP contribution in [0.2, 0.25) is 0 Å². The van der Waals surface area contributed by atoms with Crippen molar-refractivity contribution in [1.82, 2.24) is 28.5 Å². The topological polar surface area (TPSA) is 79.6 Å². The van der Waals surface area contributed by atoms with Crippen LogP contribution in [0.1, 0.15) is 19.4 Å². The van der Waals surface area contributed by atoms with Crippen molar-refractivity contribution in [3.05, 3.63) is 93.1 Å². The number of rotatable bonds is 5. The van der Waals surface area contributed by atoms with Crippen LogP contribution in [0.25, 0.3) is 44.4 Å². The van der Waals surface area contributed by atoms with Gasteiger partial charge in [-0.15, -0.1) is 0 Å². The lowest BCUT2D eigenvalue weighted by molar-refractivity contribution is 0.498. The summed E-state index contributed by atoms with van der Waals surface area (Å²) >= 11 is 0. The number of hydrogen-bond acceptors (Lipinski definition) is 4. The van der Waals surface area contributed by atoms with Gasteiger partial charge in [0.25, 0.3) is 5.56 Å². The number of para-hydroxylation sites is 2. The molecule has 0 N–H and O–H groups in total. The summed E-state index contributed by atoms with van der Waals surface area (Å²) in [6.07, 6.45) is 0. The van der Waals surface area contributed by atoms with Gasteiger partial charge in [0, 0.05) is 20.6 Å². The Morgan fingerprint density at radius 2 is 1.59 bits per heavy atom. The first-order chi connectivity index (χ1) is 17.8. The Morgan fingerprint density at radius 1 is 0.865 bits per heavy atom. The van der Waals surface area contributed by atoms with E-state index in [0.29, 0.717) is 35.6 Å². The van der Waals surface area contributed by atoms with E-state index in [2.05, 4.69) is 24.3 Å². The lowest BCUT2D eigenvalue weighted by Crippen LogP contribution is -2.38. The van der Waals surface area contributed by atoms with E-state index in [1.165, 1.54) is 11.6 Å². The number of aromatic nitrogens is 6. The van der Waals surface area contributed by atoms with E-state index in [1.807, 2.05) is 72.6 Å². The van der Waals surface area contributed by atoms with Crippen LogP contribution < -0.4 is 11.2 Å². The maximum Gasteiger partial charge on any atom is 0.332 e. The van der Waals surface area contributed by atoms with Crippen molar-refractivity contribution in [2.75, 3.05) is 0 Å². The zero-order chi connectivity index (χ0) is 25.8. The molecule has 0 saturated carbocycles. The second-order valence-corrected chi connectivity index (χ2v) is 9.98. The highest BCUT2D eigenvalue weighted by Gasteiger charge is 2.26. The molecule has 0 aliphatic rings. The Bertz CT molecular complexity index is 1930. The summed E-state index contributed by atoms with van der Waals surface area (Å²) in [5.74, 6) is 0.830. The van der Waals surface area contributed by atoms with E-state index in [9.17, 15) is 9.59 Å². The first-order valence-electron chi connectivity index (χ1n) is 12.4. The SMILES string of the molecule is CC(C)Cn1c(=O)n(C)c(=O)c2c(-c3nc4ccccc4n3C)n(Cc3cccc4ccccc34)nc21. The highest BCUT2D eigenvalue weighted by molar-refractivity contribution is 5.92. The second-order valence-electron chi connectivity index (χ2n) is 9.98. The molecule has 0 radical (unpaired) electrons. The third-order valence-corrected chi connectivity index (χ3v) is 6.97. The van der Waals surface area contributed by atoms with Crippen LogP contribution in [0.4, 0.5) is 0 Å². The van der Waals surface area contributed by atoms with E-state index in [0.717, 1.165) is 27.4 Å². The molecule has 3 aromatic carbocycles. The van der Waals surface area contributed by atoms with Gasteiger partial charge in [-0.05, 0) is 34.4 Å². The average Bonchev–Trinajstić information content (AvgIpc) is 3.43. The average molecular weight is 493 g/mol. The van der Waals surface area contributed by atoms with Gasteiger partial charge in [0.2, 0.25) is 0 Å². The van der Waals surface area contributed by atoms with Gasteiger partial charge in [-0.1, -0.05) is 68.4 Å². The molecule has 0 fully saturated rings. The van der Waals surface area contributed by atoms with Crippen molar-refractivity contribution < 1.29 is 0 Å². The molecule has 0 atom stereocenters. The molecule has 8 heteroatoms. The fourth-order valence-corrected chi connectivity index (χ4v) is 5.18. The van der Waals surface area contributed by atoms with Crippen molar-refractivity contribution >= 4 is 32.8 Å². The van der Waals surface area contributed by atoms with Gasteiger partial charge >= 0.3 is 5.69 Å². The van der Waals surface area contributed by atoms with Gasteiger partial charge in [-0.3, -0.25) is 18.6 Å². The predicted octanol–water partition coefficient (Wildman–Crippen LogP) is 4.31. The zero-order valence-corrected chi connectivity index (χ0v) is 21.3. The summed E-state index contributed by atoms with van der Waals surface area (Å²) < 4.78 is 6.63. The van der Waals surface area contributed by atoms with Crippen LogP contribution >= 0.6 is 0 Å². The molecule has 8 nitrogen and oxygen atoms in total. The molecule has 186 valence electrons. The molecule has 0 spiro atoms. The molecular weight excluding hydrogens is 464 g/mol. The normalized spacial score (nSPS) is 11.9. The molecule has 37 heavy (non-hydrogen) atoms. The summed E-state index contributed by atoms with van der Waals surface area (Å²) in [6.45, 7) is 4.97. The third-order valence-electron chi connectivity index (χ3n) is 6.97. The maximum absolute atomic E-state index is 13.6. The number of hydrogen-bond donors (Lipinski definition) is 0. The lowest BCUT2D eigenvalue weighted by Gasteiger charge is -2.11. The fraction of sp³-hybridized carbons (Fsp3) is 0.241. The summed E-state index contributed by atoms with van der Waals surface area (Å²) in [4.78, 5) is 31.8. The molecule has 0 saturated heterocycles. The first kappa shape index (κ1) is 23.0. The van der Waals surface area contributed by atoms with Crippen LogP contribution in [0.15, 0.2) is 76.3 Å². The van der Waals surface area contributed by atoms with Crippen LogP contribution in [0.3, 0.4) is 0 Å². The van der Waals surface area contributed by atoms with Crippen molar-refractivity contribution in [3.63, 3.8) is 0 Å². The van der Waals surface area contributed by atoms with Gasteiger partial charge in [0.05, 0.1) is 17.6 Å². The Hall–Kier alpha value is -4.46. The third kappa shape index (κ3) is 3.59. The van der Waals surface area contributed by atoms with Crippen LogP contribution in [0, 0.1) is 5.92 Å². The van der Waals surface area contributed by atoms with Crippen LogP contribution in [-0.4, -0.2) is 28.5 Å². The minimum Gasteiger partial charge on any atom is -0.326 e. The van der Waals surface area contributed by atoms with E-state index in [-0.39, 0.29) is 17.2 Å². The van der Waals surface area contributed by atoms with Crippen molar-refractivity contribution in [3.8, 4) is 11.5 Å². The Kier molecular flexibility index (Phi) is 5.33. The second kappa shape index (κ2) is 8.58. The Morgan fingerprint density at radius 3 is 2.38 bits per heavy atom. The number of benzene rings is 3. The van der Waals surface area contributed by atoms with Gasteiger partial charge in [0.1, 0.15) is 11.1 Å². The molecule has 3 aromatic heterocycles. The number of imidazole rings is 1. The number of aryl methyl sites for hydroxylation is 1. The molecule has 6 aromatic rings. The minimum atomic E-state index is -0.369. The van der Waals surface area contributed by atoms with Gasteiger partial charge < -0.3 is 4.57 Å². The number of nitrogens with zero attached hydrogens (tertiary/aromatic N) is 6. The zero-order valence-electron chi connectivity index (χ0n) is 21.3. The quantitative estimate of drug-likeness (QED) is 0.359. The summed E-state index contributed by atoms with van der Waals surface area (Å²) in [6, 6.07) is 22.3. The minimum absolute atomic E-state index is 0.195. The summed E-state index contributed by atoms with van der Waals surface area (Å²) in [7, 11) is 3.47. The summed E-state index contributed by atoms with van der Waals surface area (Å²) in [5, 5.41) is 7.59. The standard InChI is InChI=1S/C29H28N6O2/c1-18(2)16-34-26-24(28(36)33(4)29(34)37)25(27-30-22-14-7-8-15-23(22)32(27)3)35(31-26)17-20-12-9-11-19-10-5-6-13-21(19)20/h5-15,18H,16-17H2,1-4H3. The molecule has 0 amide bonds. The van der Waals surface area contributed by atoms with Gasteiger partial charge in [-0.25, -0.2) is 9.78 Å². The first-order valence-corrected chi connectivity index (χ1v) is 12.4. The molecule has 3 heterocycles. The lowest BCUT2D eigenvalue weighted by atomic mass is 10.0. The molecule has 0 aliphatic carbocycles. The largest absolute Gasteiger partial charge is 0.332 e. The Labute approximate surface area is 213 Å². The monoisotopic (exact) mass is 492 g/mol. The van der Waals surface area contributed by atoms with Gasteiger partial charge in [-0.2, -0.15) is 5.10 Å². The summed E-state index contributed by atoms with van der Waals surface area (Å²) in [5.41, 5.74) is 3.13.